The maximum atomic E-state index is 11.9. The molecule has 2 aromatic rings. The zero-order valence-corrected chi connectivity index (χ0v) is 12.5. The average Bonchev–Trinajstić information content (AvgIpc) is 2.94. The summed E-state index contributed by atoms with van der Waals surface area (Å²) < 4.78 is 0.612. The smallest absolute Gasteiger partial charge is 0.337 e. The summed E-state index contributed by atoms with van der Waals surface area (Å²) in [5.41, 5.74) is 0.194. The molecule has 2 rings (SSSR count). The molecule has 0 fully saturated rings. The molecule has 1 aromatic carbocycles. The van der Waals surface area contributed by atoms with E-state index in [-0.39, 0.29) is 11.3 Å². The van der Waals surface area contributed by atoms with E-state index in [1.54, 1.807) is 13.0 Å². The molecule has 2 amide bonds. The van der Waals surface area contributed by atoms with Crippen molar-refractivity contribution in [3.63, 3.8) is 0 Å². The maximum Gasteiger partial charge on any atom is 0.337 e. The number of benzene rings is 1. The topological polar surface area (TPSA) is 120 Å². The molecule has 0 saturated carbocycles. The van der Waals surface area contributed by atoms with Crippen molar-refractivity contribution in [2.24, 2.45) is 0 Å². The van der Waals surface area contributed by atoms with Gasteiger partial charge < -0.3 is 15.7 Å². The summed E-state index contributed by atoms with van der Waals surface area (Å²) in [4.78, 5) is 27.0. The van der Waals surface area contributed by atoms with E-state index in [9.17, 15) is 9.59 Å². The predicted molar refractivity (Wildman–Crippen MR) is 78.1 cm³/mol. The first-order valence-corrected chi connectivity index (χ1v) is 6.72. The lowest BCUT2D eigenvalue weighted by Gasteiger charge is -2.13. The van der Waals surface area contributed by atoms with Crippen LogP contribution in [0.3, 0.4) is 0 Å². The fourth-order valence-corrected chi connectivity index (χ4v) is 2.01. The van der Waals surface area contributed by atoms with Crippen molar-refractivity contribution in [3.8, 4) is 0 Å². The molecule has 0 saturated heterocycles. The van der Waals surface area contributed by atoms with E-state index in [1.807, 2.05) is 0 Å². The van der Waals surface area contributed by atoms with Gasteiger partial charge >= 0.3 is 12.0 Å². The highest BCUT2D eigenvalue weighted by Crippen LogP contribution is 2.21. The van der Waals surface area contributed by atoms with Gasteiger partial charge in [-0.15, -0.1) is 0 Å². The first-order valence-electron chi connectivity index (χ1n) is 5.93. The third-order valence-electron chi connectivity index (χ3n) is 2.65. The second kappa shape index (κ2) is 6.35. The molecule has 1 unspecified atom stereocenters. The Kier molecular flexibility index (Phi) is 4.53. The molecule has 0 aliphatic rings. The number of aromatic amines is 1. The van der Waals surface area contributed by atoms with Crippen molar-refractivity contribution >= 4 is 33.6 Å². The molecule has 0 radical (unpaired) electrons. The van der Waals surface area contributed by atoms with Gasteiger partial charge in [0.1, 0.15) is 12.2 Å². The number of anilines is 1. The second-order valence-electron chi connectivity index (χ2n) is 4.19. The zero-order chi connectivity index (χ0) is 15.4. The van der Waals surface area contributed by atoms with E-state index in [2.05, 4.69) is 41.7 Å². The van der Waals surface area contributed by atoms with Crippen LogP contribution in [0.4, 0.5) is 10.5 Å². The number of aromatic carboxylic acids is 1. The number of nitrogens with zero attached hydrogens (tertiary/aromatic N) is 2. The molecule has 0 aliphatic heterocycles. The van der Waals surface area contributed by atoms with E-state index in [0.29, 0.717) is 10.3 Å². The molecule has 8 nitrogen and oxygen atoms in total. The quantitative estimate of drug-likeness (QED) is 0.671. The molecular formula is C12H12BrN5O3. The molecule has 1 atom stereocenters. The lowest BCUT2D eigenvalue weighted by Crippen LogP contribution is -2.32. The third kappa shape index (κ3) is 3.78. The van der Waals surface area contributed by atoms with Gasteiger partial charge in [0.25, 0.3) is 0 Å². The number of hydrogen-bond donors (Lipinski definition) is 4. The molecular weight excluding hydrogens is 342 g/mol. The Morgan fingerprint density at radius 1 is 1.43 bits per heavy atom. The van der Waals surface area contributed by atoms with Gasteiger partial charge in [-0.25, -0.2) is 14.6 Å². The lowest BCUT2D eigenvalue weighted by atomic mass is 10.2. The van der Waals surface area contributed by atoms with Crippen LogP contribution in [-0.2, 0) is 0 Å². The van der Waals surface area contributed by atoms with Gasteiger partial charge in [0.15, 0.2) is 0 Å². The minimum Gasteiger partial charge on any atom is -0.478 e. The SMILES string of the molecule is CC(NC(=O)Nc1ccc(Br)cc1C(=O)O)c1ncn[nH]1. The number of H-pyrrole nitrogens is 1. The first-order chi connectivity index (χ1) is 9.97. The lowest BCUT2D eigenvalue weighted by molar-refractivity contribution is 0.0698. The van der Waals surface area contributed by atoms with Crippen LogP contribution in [0.2, 0.25) is 0 Å². The van der Waals surface area contributed by atoms with E-state index in [4.69, 9.17) is 5.11 Å². The number of carboxylic acid groups (broad SMARTS) is 1. The minimum absolute atomic E-state index is 0.00755. The standard InChI is InChI=1S/C12H12BrN5O3/c1-6(10-14-5-15-18-10)16-12(21)17-9-3-2-7(13)4-8(9)11(19)20/h2-6H,1H3,(H,19,20)(H,14,15,18)(H2,16,17,21). The normalized spacial score (nSPS) is 11.7. The summed E-state index contributed by atoms with van der Waals surface area (Å²) in [6.07, 6.45) is 1.34. The van der Waals surface area contributed by atoms with Crippen LogP contribution in [0.1, 0.15) is 29.1 Å². The van der Waals surface area contributed by atoms with Crippen LogP contribution in [0.25, 0.3) is 0 Å². The largest absolute Gasteiger partial charge is 0.478 e. The Balaban J connectivity index is 2.08. The Morgan fingerprint density at radius 3 is 2.81 bits per heavy atom. The van der Waals surface area contributed by atoms with Gasteiger partial charge in [-0.2, -0.15) is 5.10 Å². The Hall–Kier alpha value is -2.42. The Labute approximate surface area is 128 Å². The van der Waals surface area contributed by atoms with Gasteiger partial charge in [0.2, 0.25) is 0 Å². The van der Waals surface area contributed by atoms with Gasteiger partial charge in [-0.05, 0) is 25.1 Å². The van der Waals surface area contributed by atoms with Crippen molar-refractivity contribution in [2.75, 3.05) is 5.32 Å². The van der Waals surface area contributed by atoms with Gasteiger partial charge in [-0.3, -0.25) is 5.10 Å². The summed E-state index contributed by atoms with van der Waals surface area (Å²) in [6.45, 7) is 1.72. The number of aromatic nitrogens is 3. The molecule has 1 aromatic heterocycles. The van der Waals surface area contributed by atoms with Crippen molar-refractivity contribution in [2.45, 2.75) is 13.0 Å². The molecule has 110 valence electrons. The summed E-state index contributed by atoms with van der Waals surface area (Å²) in [7, 11) is 0. The van der Waals surface area contributed by atoms with E-state index < -0.39 is 18.0 Å². The number of carboxylic acids is 1. The monoisotopic (exact) mass is 353 g/mol. The highest BCUT2D eigenvalue weighted by atomic mass is 79.9. The number of amides is 2. The van der Waals surface area contributed by atoms with E-state index >= 15 is 0 Å². The average molecular weight is 354 g/mol. The maximum absolute atomic E-state index is 11.9. The van der Waals surface area contributed by atoms with Crippen molar-refractivity contribution in [1.82, 2.24) is 20.5 Å². The summed E-state index contributed by atoms with van der Waals surface area (Å²) in [6, 6.07) is 3.63. The van der Waals surface area contributed by atoms with Crippen molar-refractivity contribution < 1.29 is 14.7 Å². The first kappa shape index (κ1) is 15.0. The zero-order valence-electron chi connectivity index (χ0n) is 10.9. The number of rotatable bonds is 4. The molecule has 21 heavy (non-hydrogen) atoms. The van der Waals surface area contributed by atoms with Crippen LogP contribution in [0, 0.1) is 0 Å². The summed E-state index contributed by atoms with van der Waals surface area (Å²) >= 11 is 3.19. The van der Waals surface area contributed by atoms with E-state index in [1.165, 1.54) is 18.5 Å². The molecule has 4 N–H and O–H groups in total. The number of carbonyl (C=O) groups is 2. The fraction of sp³-hybridized carbons (Fsp3) is 0.167. The number of carbonyl (C=O) groups excluding carboxylic acids is 1. The van der Waals surface area contributed by atoms with E-state index in [0.717, 1.165) is 0 Å². The highest BCUT2D eigenvalue weighted by Gasteiger charge is 2.15. The number of halogens is 1. The van der Waals surface area contributed by atoms with Crippen LogP contribution in [-0.4, -0.2) is 32.3 Å². The summed E-state index contributed by atoms with van der Waals surface area (Å²) in [5, 5.41) is 20.6. The minimum atomic E-state index is -1.13. The number of hydrogen-bond acceptors (Lipinski definition) is 4. The van der Waals surface area contributed by atoms with Crippen LogP contribution in [0.15, 0.2) is 29.0 Å². The van der Waals surface area contributed by atoms with Gasteiger partial charge in [-0.1, -0.05) is 15.9 Å². The molecule has 1 heterocycles. The Morgan fingerprint density at radius 2 is 2.19 bits per heavy atom. The van der Waals surface area contributed by atoms with Crippen molar-refractivity contribution in [3.05, 3.63) is 40.4 Å². The van der Waals surface area contributed by atoms with Crippen molar-refractivity contribution in [1.29, 1.82) is 0 Å². The second-order valence-corrected chi connectivity index (χ2v) is 5.10. The number of urea groups is 1. The predicted octanol–water partition coefficient (Wildman–Crippen LogP) is 2.15. The highest BCUT2D eigenvalue weighted by molar-refractivity contribution is 9.10. The number of nitrogens with one attached hydrogen (secondary N) is 3. The fourth-order valence-electron chi connectivity index (χ4n) is 1.65. The molecule has 0 spiro atoms. The van der Waals surface area contributed by atoms with Gasteiger partial charge in [0.05, 0.1) is 17.3 Å². The van der Waals surface area contributed by atoms with Crippen LogP contribution >= 0.6 is 15.9 Å². The summed E-state index contributed by atoms with van der Waals surface area (Å²) in [5.74, 6) is -0.630. The molecule has 0 bridgehead atoms. The van der Waals surface area contributed by atoms with Crippen LogP contribution in [0.5, 0.6) is 0 Å². The third-order valence-corrected chi connectivity index (χ3v) is 3.14. The molecule has 0 aliphatic carbocycles. The molecule has 9 heteroatoms. The van der Waals surface area contributed by atoms with Crippen LogP contribution < -0.4 is 10.6 Å². The van der Waals surface area contributed by atoms with Gasteiger partial charge in [0, 0.05) is 4.47 Å². The Bertz CT molecular complexity index is 659.